The minimum absolute atomic E-state index is 0.0726. The summed E-state index contributed by atoms with van der Waals surface area (Å²) in [7, 11) is -3.65. The molecule has 2 rings (SSSR count). The third kappa shape index (κ3) is 3.05. The zero-order valence-corrected chi connectivity index (χ0v) is 10.4. The Morgan fingerprint density at radius 2 is 2.00 bits per heavy atom. The second-order valence-corrected chi connectivity index (χ2v) is 5.21. The Bertz CT molecular complexity index is 633. The summed E-state index contributed by atoms with van der Waals surface area (Å²) in [4.78, 5) is 4.10. The maximum atomic E-state index is 11.1. The fourth-order valence-corrected chi connectivity index (χ4v) is 1.87. The van der Waals surface area contributed by atoms with Crippen LogP contribution >= 0.6 is 0 Å². The highest BCUT2D eigenvalue weighted by molar-refractivity contribution is 7.89. The van der Waals surface area contributed by atoms with Crippen LogP contribution in [0, 0.1) is 6.92 Å². The summed E-state index contributed by atoms with van der Waals surface area (Å²) in [5.74, 6) is 1.03. The molecule has 2 aromatic rings. The third-order valence-electron chi connectivity index (χ3n) is 2.20. The van der Waals surface area contributed by atoms with Crippen LogP contribution in [0.4, 0.5) is 5.69 Å². The minimum Gasteiger partial charge on any atom is -0.378 e. The number of aryl methyl sites for hydroxylation is 1. The van der Waals surface area contributed by atoms with Crippen molar-refractivity contribution in [2.24, 2.45) is 5.14 Å². The lowest BCUT2D eigenvalue weighted by molar-refractivity contribution is 0.388. The van der Waals surface area contributed by atoms with Crippen molar-refractivity contribution in [1.29, 1.82) is 0 Å². The van der Waals surface area contributed by atoms with Crippen molar-refractivity contribution >= 4 is 15.7 Å². The quantitative estimate of drug-likeness (QED) is 0.841. The van der Waals surface area contributed by atoms with Crippen LogP contribution in [0.5, 0.6) is 0 Å². The predicted molar refractivity (Wildman–Crippen MR) is 64.2 cm³/mol. The molecule has 0 bridgehead atoms. The molecule has 0 radical (unpaired) electrons. The monoisotopic (exact) mass is 268 g/mol. The summed E-state index contributed by atoms with van der Waals surface area (Å²) < 4.78 is 26.9. The number of benzene rings is 1. The molecule has 3 N–H and O–H groups in total. The van der Waals surface area contributed by atoms with Gasteiger partial charge in [-0.25, -0.2) is 13.6 Å². The first kappa shape index (κ1) is 12.5. The highest BCUT2D eigenvalue weighted by Crippen LogP contribution is 2.13. The lowest BCUT2D eigenvalue weighted by Gasteiger charge is -2.04. The smallest absolute Gasteiger partial charge is 0.238 e. The third-order valence-corrected chi connectivity index (χ3v) is 3.13. The van der Waals surface area contributed by atoms with Crippen LogP contribution in [-0.2, 0) is 16.6 Å². The molecule has 0 aliphatic rings. The second-order valence-electron chi connectivity index (χ2n) is 3.65. The molecule has 1 heterocycles. The van der Waals surface area contributed by atoms with E-state index in [9.17, 15) is 8.42 Å². The SMILES string of the molecule is Cc1nc(CNc2ccc(S(N)(=O)=O)cc2)no1. The van der Waals surface area contributed by atoms with Gasteiger partial charge in [-0.15, -0.1) is 0 Å². The van der Waals surface area contributed by atoms with Crippen LogP contribution in [0.15, 0.2) is 33.7 Å². The molecule has 0 saturated heterocycles. The normalized spacial score (nSPS) is 11.4. The number of nitrogens with two attached hydrogens (primary N) is 1. The Labute approximate surface area is 104 Å². The summed E-state index contributed by atoms with van der Waals surface area (Å²) in [6.45, 7) is 2.10. The van der Waals surface area contributed by atoms with Gasteiger partial charge in [-0.2, -0.15) is 4.98 Å². The number of rotatable bonds is 4. The van der Waals surface area contributed by atoms with Crippen LogP contribution in [0.1, 0.15) is 11.7 Å². The minimum atomic E-state index is -3.65. The summed E-state index contributed by atoms with van der Waals surface area (Å²) in [6, 6.07) is 6.09. The average molecular weight is 268 g/mol. The molecular formula is C10H12N4O3S. The van der Waals surface area contributed by atoms with E-state index in [4.69, 9.17) is 9.66 Å². The molecule has 0 fully saturated rings. The number of hydrogen-bond donors (Lipinski definition) is 2. The highest BCUT2D eigenvalue weighted by atomic mass is 32.2. The first-order valence-electron chi connectivity index (χ1n) is 5.11. The fraction of sp³-hybridized carbons (Fsp3) is 0.200. The lowest BCUT2D eigenvalue weighted by atomic mass is 10.3. The Hall–Kier alpha value is -1.93. The number of nitrogens with zero attached hydrogens (tertiary/aromatic N) is 2. The van der Waals surface area contributed by atoms with Crippen molar-refractivity contribution in [3.63, 3.8) is 0 Å². The van der Waals surface area contributed by atoms with E-state index in [1.165, 1.54) is 12.1 Å². The molecule has 0 aliphatic carbocycles. The Balaban J connectivity index is 2.03. The number of nitrogens with one attached hydrogen (secondary N) is 1. The van der Waals surface area contributed by atoms with Gasteiger partial charge in [0.25, 0.3) is 0 Å². The van der Waals surface area contributed by atoms with E-state index < -0.39 is 10.0 Å². The maximum Gasteiger partial charge on any atom is 0.238 e. The predicted octanol–water partition coefficient (Wildman–Crippen LogP) is 0.638. The van der Waals surface area contributed by atoms with E-state index in [1.807, 2.05) is 0 Å². The Kier molecular flexibility index (Phi) is 3.30. The zero-order valence-electron chi connectivity index (χ0n) is 9.62. The molecule has 1 aromatic heterocycles. The molecular weight excluding hydrogens is 256 g/mol. The van der Waals surface area contributed by atoms with Gasteiger partial charge < -0.3 is 9.84 Å². The van der Waals surface area contributed by atoms with E-state index in [0.717, 1.165) is 5.69 Å². The van der Waals surface area contributed by atoms with Crippen LogP contribution in [0.3, 0.4) is 0 Å². The van der Waals surface area contributed by atoms with Gasteiger partial charge in [-0.05, 0) is 24.3 Å². The summed E-state index contributed by atoms with van der Waals surface area (Å²) in [5, 5.41) is 11.7. The van der Waals surface area contributed by atoms with Gasteiger partial charge in [0.15, 0.2) is 5.82 Å². The van der Waals surface area contributed by atoms with E-state index in [2.05, 4.69) is 15.5 Å². The highest BCUT2D eigenvalue weighted by Gasteiger charge is 2.07. The van der Waals surface area contributed by atoms with Crippen LogP contribution < -0.4 is 10.5 Å². The van der Waals surface area contributed by atoms with Gasteiger partial charge in [0.1, 0.15) is 0 Å². The number of anilines is 1. The lowest BCUT2D eigenvalue weighted by Crippen LogP contribution is -2.12. The topological polar surface area (TPSA) is 111 Å². The van der Waals surface area contributed by atoms with Gasteiger partial charge in [0.05, 0.1) is 11.4 Å². The van der Waals surface area contributed by atoms with Gasteiger partial charge in [-0.3, -0.25) is 0 Å². The fourth-order valence-electron chi connectivity index (χ4n) is 1.36. The van der Waals surface area contributed by atoms with Gasteiger partial charge in [0, 0.05) is 12.6 Å². The molecule has 0 aliphatic heterocycles. The van der Waals surface area contributed by atoms with Gasteiger partial charge in [0.2, 0.25) is 15.9 Å². The largest absolute Gasteiger partial charge is 0.378 e. The molecule has 0 spiro atoms. The van der Waals surface area contributed by atoms with Gasteiger partial charge in [-0.1, -0.05) is 5.16 Å². The summed E-state index contributed by atoms with van der Waals surface area (Å²) >= 11 is 0. The zero-order chi connectivity index (χ0) is 13.2. The molecule has 1 aromatic carbocycles. The first-order chi connectivity index (χ1) is 8.45. The van der Waals surface area contributed by atoms with E-state index in [-0.39, 0.29) is 4.90 Å². The van der Waals surface area contributed by atoms with E-state index >= 15 is 0 Å². The molecule has 0 amide bonds. The number of hydrogen-bond acceptors (Lipinski definition) is 6. The van der Waals surface area contributed by atoms with Crippen LogP contribution in [0.25, 0.3) is 0 Å². The molecule has 7 nitrogen and oxygen atoms in total. The number of sulfonamides is 1. The molecule has 18 heavy (non-hydrogen) atoms. The summed E-state index contributed by atoms with van der Waals surface area (Å²) in [5.41, 5.74) is 0.741. The second kappa shape index (κ2) is 4.75. The molecule has 0 unspecified atom stereocenters. The van der Waals surface area contributed by atoms with Crippen molar-refractivity contribution in [2.45, 2.75) is 18.4 Å². The number of aromatic nitrogens is 2. The van der Waals surface area contributed by atoms with Crippen LogP contribution in [0.2, 0.25) is 0 Å². The van der Waals surface area contributed by atoms with Crippen molar-refractivity contribution in [3.8, 4) is 0 Å². The molecule has 0 saturated carbocycles. The van der Waals surface area contributed by atoms with Crippen molar-refractivity contribution < 1.29 is 12.9 Å². The van der Waals surface area contributed by atoms with Crippen molar-refractivity contribution in [1.82, 2.24) is 10.1 Å². The van der Waals surface area contributed by atoms with Crippen molar-refractivity contribution in [3.05, 3.63) is 36.0 Å². The maximum absolute atomic E-state index is 11.1. The molecule has 96 valence electrons. The first-order valence-corrected chi connectivity index (χ1v) is 6.66. The average Bonchev–Trinajstić information content (AvgIpc) is 2.72. The molecule has 8 heteroatoms. The summed E-state index contributed by atoms with van der Waals surface area (Å²) in [6.07, 6.45) is 0. The van der Waals surface area contributed by atoms with Crippen LogP contribution in [-0.4, -0.2) is 18.6 Å². The van der Waals surface area contributed by atoms with E-state index in [1.54, 1.807) is 19.1 Å². The molecule has 0 atom stereocenters. The Morgan fingerprint density at radius 3 is 2.50 bits per heavy atom. The number of primary sulfonamides is 1. The van der Waals surface area contributed by atoms with Crippen molar-refractivity contribution in [2.75, 3.05) is 5.32 Å². The van der Waals surface area contributed by atoms with Gasteiger partial charge >= 0.3 is 0 Å². The Morgan fingerprint density at radius 1 is 1.33 bits per heavy atom. The standard InChI is InChI=1S/C10H12N4O3S/c1-7-13-10(14-17-7)6-12-8-2-4-9(5-3-8)18(11,15)16/h2-5,12H,6H2,1H3,(H2,11,15,16). The van der Waals surface area contributed by atoms with E-state index in [0.29, 0.717) is 18.3 Å².